The average molecular weight is 547 g/mol. The van der Waals surface area contributed by atoms with Crippen molar-refractivity contribution in [2.75, 3.05) is 14.2 Å². The highest BCUT2D eigenvalue weighted by Crippen LogP contribution is 2.35. The summed E-state index contributed by atoms with van der Waals surface area (Å²) in [5.41, 5.74) is 4.79. The van der Waals surface area contributed by atoms with Gasteiger partial charge < -0.3 is 9.47 Å². The molecule has 0 unspecified atom stereocenters. The van der Waals surface area contributed by atoms with Crippen molar-refractivity contribution in [2.24, 2.45) is 0 Å². The van der Waals surface area contributed by atoms with Gasteiger partial charge in [-0.25, -0.2) is 0 Å². The summed E-state index contributed by atoms with van der Waals surface area (Å²) in [6.07, 6.45) is 13.9. The minimum absolute atomic E-state index is 0.0329. The first-order chi connectivity index (χ1) is 18.9. The van der Waals surface area contributed by atoms with Gasteiger partial charge in [-0.15, -0.1) is 0 Å². The van der Waals surface area contributed by atoms with Crippen molar-refractivity contribution in [3.8, 4) is 0 Å². The molecule has 0 amide bonds. The van der Waals surface area contributed by atoms with E-state index >= 15 is 0 Å². The van der Waals surface area contributed by atoms with Gasteiger partial charge in [0.15, 0.2) is 23.1 Å². The molecule has 2 aliphatic rings. The lowest BCUT2D eigenvalue weighted by Crippen LogP contribution is -2.28. The molecule has 2 aliphatic carbocycles. The summed E-state index contributed by atoms with van der Waals surface area (Å²) in [5, 5.41) is 0. The molecule has 0 aliphatic heterocycles. The van der Waals surface area contributed by atoms with Gasteiger partial charge in [-0.2, -0.15) is 0 Å². The van der Waals surface area contributed by atoms with Crippen molar-refractivity contribution >= 4 is 23.1 Å². The van der Waals surface area contributed by atoms with Crippen LogP contribution < -0.4 is 0 Å². The van der Waals surface area contributed by atoms with Crippen molar-refractivity contribution in [3.63, 3.8) is 0 Å². The van der Waals surface area contributed by atoms with Gasteiger partial charge in [0, 0.05) is 34.4 Å². The highest BCUT2D eigenvalue weighted by atomic mass is 16.5. The highest BCUT2D eigenvalue weighted by molar-refractivity contribution is 6.32. The Balaban J connectivity index is 2.64. The zero-order valence-electron chi connectivity index (χ0n) is 25.2. The van der Waals surface area contributed by atoms with Gasteiger partial charge in [-0.05, 0) is 80.1 Å². The van der Waals surface area contributed by atoms with Crippen molar-refractivity contribution < 1.29 is 28.7 Å². The van der Waals surface area contributed by atoms with Gasteiger partial charge in [-0.1, -0.05) is 46.6 Å². The monoisotopic (exact) mass is 546 g/mol. The fraction of sp³-hybridized carbons (Fsp3) is 0.412. The molecule has 0 radical (unpaired) electrons. The van der Waals surface area contributed by atoms with Gasteiger partial charge in [0.05, 0.1) is 14.2 Å². The van der Waals surface area contributed by atoms with Crippen LogP contribution in [0.25, 0.3) is 0 Å². The predicted octanol–water partition coefficient (Wildman–Crippen LogP) is 7.11. The third kappa shape index (κ3) is 8.60. The van der Waals surface area contributed by atoms with E-state index in [2.05, 4.69) is 12.2 Å². The van der Waals surface area contributed by atoms with Crippen molar-refractivity contribution in [1.82, 2.24) is 0 Å². The minimum atomic E-state index is -0.533. The SMILES string of the molecule is COC1=CC(=O)C(C2=C(C/C=C(/C)CCC=C(C)C)C(=O)C(OC)=CC2=O)=C(C/C=C(/C)CCC=C(C)C)C1=O. The molecule has 0 fully saturated rings. The fourth-order valence-corrected chi connectivity index (χ4v) is 4.51. The Hall–Kier alpha value is -3.80. The van der Waals surface area contributed by atoms with E-state index in [0.29, 0.717) is 0 Å². The molecule has 0 aromatic rings. The van der Waals surface area contributed by atoms with E-state index in [0.717, 1.165) is 49.0 Å². The predicted molar refractivity (Wildman–Crippen MR) is 158 cm³/mol. The highest BCUT2D eigenvalue weighted by Gasteiger charge is 2.38. The van der Waals surface area contributed by atoms with Crippen LogP contribution in [0.15, 0.2) is 92.6 Å². The number of Topliss-reactive ketones (excluding diaryl/α,β-unsaturated/α-hetero) is 2. The molecule has 0 N–H and O–H groups in total. The van der Waals surface area contributed by atoms with E-state index in [4.69, 9.17) is 9.47 Å². The first-order valence-corrected chi connectivity index (χ1v) is 13.6. The standard InChI is InChI=1S/C34H42O6/c1-21(2)11-9-13-23(5)15-17-25-31(27(35)19-29(39-7)33(25)37)32-26(34(38)30(40-8)20-28(32)36)18-16-24(6)14-10-12-22(3)4/h11-12,15-16,19-20H,9-10,13-14,17-18H2,1-8H3/b23-15-,24-16-. The first-order valence-electron chi connectivity index (χ1n) is 13.6. The van der Waals surface area contributed by atoms with Crippen LogP contribution in [0, 0.1) is 0 Å². The molecule has 0 aromatic heterocycles. The fourth-order valence-electron chi connectivity index (χ4n) is 4.51. The maximum absolute atomic E-state index is 13.4. The molecule has 0 aromatic carbocycles. The first kappa shape index (κ1) is 32.4. The second-order valence-corrected chi connectivity index (χ2v) is 10.7. The van der Waals surface area contributed by atoms with Crippen LogP contribution in [0.5, 0.6) is 0 Å². The quantitative estimate of drug-likeness (QED) is 0.181. The van der Waals surface area contributed by atoms with E-state index in [1.165, 1.54) is 25.4 Å². The van der Waals surface area contributed by atoms with Crippen LogP contribution >= 0.6 is 0 Å². The van der Waals surface area contributed by atoms with Crippen LogP contribution in [-0.2, 0) is 28.7 Å². The summed E-state index contributed by atoms with van der Waals surface area (Å²) in [7, 11) is 2.66. The molecule has 0 heterocycles. The number of hydrogen-bond donors (Lipinski definition) is 0. The lowest BCUT2D eigenvalue weighted by atomic mass is 9.79. The minimum Gasteiger partial charge on any atom is -0.493 e. The molecule has 0 spiro atoms. The number of rotatable bonds is 13. The summed E-state index contributed by atoms with van der Waals surface area (Å²) in [4.78, 5) is 53.7. The van der Waals surface area contributed by atoms with Crippen molar-refractivity contribution in [2.45, 2.75) is 80.1 Å². The Morgan fingerprint density at radius 2 is 0.950 bits per heavy atom. The molecule has 2 rings (SSSR count). The molecule has 0 atom stereocenters. The van der Waals surface area contributed by atoms with Crippen LogP contribution in [0.4, 0.5) is 0 Å². The molecule has 6 heteroatoms. The largest absolute Gasteiger partial charge is 0.493 e. The average Bonchev–Trinajstić information content (AvgIpc) is 2.88. The van der Waals surface area contributed by atoms with Gasteiger partial charge in [0.25, 0.3) is 0 Å². The molecule has 214 valence electrons. The molecule has 0 saturated carbocycles. The lowest BCUT2D eigenvalue weighted by Gasteiger charge is -2.23. The Bertz CT molecular complexity index is 1210. The van der Waals surface area contributed by atoms with E-state index < -0.39 is 23.1 Å². The van der Waals surface area contributed by atoms with Crippen LogP contribution in [-0.4, -0.2) is 37.4 Å². The number of carbonyl (C=O) groups is 4. The molecule has 6 nitrogen and oxygen atoms in total. The van der Waals surface area contributed by atoms with Gasteiger partial charge in [0.2, 0.25) is 11.6 Å². The summed E-state index contributed by atoms with van der Waals surface area (Å²) < 4.78 is 10.4. The Kier molecular flexibility index (Phi) is 12.2. The van der Waals surface area contributed by atoms with E-state index in [1.54, 1.807) is 0 Å². The smallest absolute Gasteiger partial charge is 0.224 e. The van der Waals surface area contributed by atoms with E-state index in [9.17, 15) is 19.2 Å². The number of carbonyl (C=O) groups excluding carboxylic acids is 4. The summed E-state index contributed by atoms with van der Waals surface area (Å²) in [6, 6.07) is 0. The topological polar surface area (TPSA) is 86.7 Å². The maximum Gasteiger partial charge on any atom is 0.224 e. The number of methoxy groups -OCH3 is 2. The van der Waals surface area contributed by atoms with E-state index in [1.807, 2.05) is 53.7 Å². The lowest BCUT2D eigenvalue weighted by molar-refractivity contribution is -0.119. The Morgan fingerprint density at radius 3 is 1.25 bits per heavy atom. The molecular weight excluding hydrogens is 504 g/mol. The zero-order valence-corrected chi connectivity index (χ0v) is 25.2. The summed E-state index contributed by atoms with van der Waals surface area (Å²) >= 11 is 0. The second kappa shape index (κ2) is 15.1. The third-order valence-electron chi connectivity index (χ3n) is 6.80. The number of hydrogen-bond acceptors (Lipinski definition) is 6. The summed E-state index contributed by atoms with van der Waals surface area (Å²) in [5.74, 6) is -2.16. The molecule has 0 saturated heterocycles. The van der Waals surface area contributed by atoms with E-state index in [-0.39, 0.29) is 46.7 Å². The number of ketones is 4. The van der Waals surface area contributed by atoms with Gasteiger partial charge in [-0.3, -0.25) is 19.2 Å². The number of ether oxygens (including phenoxy) is 2. The van der Waals surface area contributed by atoms with Crippen LogP contribution in [0.1, 0.15) is 80.1 Å². The maximum atomic E-state index is 13.4. The van der Waals surface area contributed by atoms with Crippen LogP contribution in [0.2, 0.25) is 0 Å². The third-order valence-corrected chi connectivity index (χ3v) is 6.80. The normalized spacial score (nSPS) is 16.7. The molecule has 40 heavy (non-hydrogen) atoms. The zero-order chi connectivity index (χ0) is 30.0. The number of allylic oxidation sites excluding steroid dienone is 14. The van der Waals surface area contributed by atoms with Crippen molar-refractivity contribution in [3.05, 3.63) is 92.6 Å². The van der Waals surface area contributed by atoms with Gasteiger partial charge >= 0.3 is 0 Å². The molecule has 0 bridgehead atoms. The Morgan fingerprint density at radius 1 is 0.600 bits per heavy atom. The molecular formula is C34H42O6. The van der Waals surface area contributed by atoms with Crippen LogP contribution in [0.3, 0.4) is 0 Å². The van der Waals surface area contributed by atoms with Crippen molar-refractivity contribution in [1.29, 1.82) is 0 Å². The second-order valence-electron chi connectivity index (χ2n) is 10.7. The van der Waals surface area contributed by atoms with Gasteiger partial charge in [0.1, 0.15) is 0 Å². The summed E-state index contributed by atoms with van der Waals surface area (Å²) in [6.45, 7) is 12.1. The Labute approximate surface area is 238 Å².